The molecule has 0 radical (unpaired) electrons. The van der Waals surface area contributed by atoms with E-state index in [2.05, 4.69) is 10.4 Å². The summed E-state index contributed by atoms with van der Waals surface area (Å²) >= 11 is 0. The maximum atomic E-state index is 12.6. The van der Waals surface area contributed by atoms with Crippen LogP contribution < -0.4 is 5.32 Å². The van der Waals surface area contributed by atoms with Crippen molar-refractivity contribution in [2.75, 3.05) is 26.4 Å². The van der Waals surface area contributed by atoms with Crippen LogP contribution in [0.2, 0.25) is 0 Å². The largest absolute Gasteiger partial charge is 0.465 e. The Hall–Kier alpha value is -1.89. The molecule has 0 bridgehead atoms. The lowest BCUT2D eigenvalue weighted by Crippen LogP contribution is -2.41. The minimum absolute atomic E-state index is 0.0172. The minimum Gasteiger partial charge on any atom is -0.465 e. The highest BCUT2D eigenvalue weighted by atomic mass is 16.5. The molecule has 1 aromatic rings. The van der Waals surface area contributed by atoms with Crippen LogP contribution in [-0.2, 0) is 33.7 Å². The molecular weight excluding hydrogens is 310 g/mol. The van der Waals surface area contributed by atoms with E-state index in [4.69, 9.17) is 9.47 Å². The van der Waals surface area contributed by atoms with E-state index in [0.717, 1.165) is 30.7 Å². The van der Waals surface area contributed by atoms with Gasteiger partial charge in [-0.1, -0.05) is 6.92 Å². The van der Waals surface area contributed by atoms with Crippen LogP contribution in [0.25, 0.3) is 0 Å². The highest BCUT2D eigenvalue weighted by Gasteiger charge is 2.39. The van der Waals surface area contributed by atoms with Crippen molar-refractivity contribution in [2.24, 2.45) is 5.41 Å². The number of carbonyl (C=O) groups excluding carboxylic acids is 2. The summed E-state index contributed by atoms with van der Waals surface area (Å²) in [7, 11) is 0. The van der Waals surface area contributed by atoms with Gasteiger partial charge in [-0.3, -0.25) is 14.3 Å². The molecule has 1 amide bonds. The predicted molar refractivity (Wildman–Crippen MR) is 86.8 cm³/mol. The summed E-state index contributed by atoms with van der Waals surface area (Å²) in [5.41, 5.74) is 2.23. The Morgan fingerprint density at radius 1 is 1.38 bits per heavy atom. The Morgan fingerprint density at radius 3 is 2.79 bits per heavy atom. The number of esters is 1. The number of nitrogens with one attached hydrogen (secondary N) is 1. The summed E-state index contributed by atoms with van der Waals surface area (Å²) in [4.78, 5) is 24.6. The first kappa shape index (κ1) is 17.0. The van der Waals surface area contributed by atoms with E-state index >= 15 is 0 Å². The molecule has 2 aliphatic rings. The molecular formula is C17H25N3O4. The number of hydrogen-bond acceptors (Lipinski definition) is 5. The van der Waals surface area contributed by atoms with Crippen molar-refractivity contribution in [3.63, 3.8) is 0 Å². The fourth-order valence-electron chi connectivity index (χ4n) is 3.63. The third-order valence-electron chi connectivity index (χ3n) is 5.00. The molecule has 0 aromatic carbocycles. The van der Waals surface area contributed by atoms with Crippen LogP contribution in [0.15, 0.2) is 0 Å². The van der Waals surface area contributed by atoms with E-state index < -0.39 is 0 Å². The van der Waals surface area contributed by atoms with Crippen LogP contribution in [0, 0.1) is 5.41 Å². The lowest BCUT2D eigenvalue weighted by atomic mass is 9.76. The smallest absolute Gasteiger partial charge is 0.327 e. The Morgan fingerprint density at radius 2 is 2.12 bits per heavy atom. The van der Waals surface area contributed by atoms with Gasteiger partial charge in [-0.15, -0.1) is 0 Å². The molecule has 7 nitrogen and oxygen atoms in total. The minimum atomic E-state index is -0.323. The zero-order chi connectivity index (χ0) is 17.2. The van der Waals surface area contributed by atoms with Gasteiger partial charge in [0.05, 0.1) is 23.6 Å². The van der Waals surface area contributed by atoms with Crippen LogP contribution in [0.3, 0.4) is 0 Å². The fraction of sp³-hybridized carbons (Fsp3) is 0.706. The highest BCUT2D eigenvalue weighted by Crippen LogP contribution is 2.37. The average Bonchev–Trinajstić information content (AvgIpc) is 2.84. The van der Waals surface area contributed by atoms with E-state index in [1.54, 1.807) is 11.6 Å². The second-order valence-electron chi connectivity index (χ2n) is 6.56. The van der Waals surface area contributed by atoms with E-state index in [1.807, 2.05) is 6.92 Å². The first-order valence-corrected chi connectivity index (χ1v) is 8.68. The van der Waals surface area contributed by atoms with Crippen molar-refractivity contribution in [3.8, 4) is 0 Å². The van der Waals surface area contributed by atoms with Gasteiger partial charge in [-0.2, -0.15) is 5.10 Å². The molecule has 1 saturated heterocycles. The Kier molecular flexibility index (Phi) is 4.89. The van der Waals surface area contributed by atoms with Crippen molar-refractivity contribution >= 4 is 11.9 Å². The fourth-order valence-corrected chi connectivity index (χ4v) is 3.63. The summed E-state index contributed by atoms with van der Waals surface area (Å²) in [6.07, 6.45) is 3.19. The number of aromatic nitrogens is 2. The quantitative estimate of drug-likeness (QED) is 0.833. The number of hydrogen-bond donors (Lipinski definition) is 1. The molecule has 3 rings (SSSR count). The summed E-state index contributed by atoms with van der Waals surface area (Å²) in [6, 6.07) is 0. The van der Waals surface area contributed by atoms with Crippen LogP contribution in [0.5, 0.6) is 0 Å². The lowest BCUT2D eigenvalue weighted by Gasteiger charge is -2.36. The maximum Gasteiger partial charge on any atom is 0.327 e. The topological polar surface area (TPSA) is 82.5 Å². The number of amides is 1. The van der Waals surface area contributed by atoms with E-state index in [-0.39, 0.29) is 23.8 Å². The lowest BCUT2D eigenvalue weighted by molar-refractivity contribution is -0.144. The maximum absolute atomic E-state index is 12.6. The van der Waals surface area contributed by atoms with E-state index in [0.29, 0.717) is 38.3 Å². The molecule has 24 heavy (non-hydrogen) atoms. The Bertz CT molecular complexity index is 632. The molecule has 0 aliphatic carbocycles. The SMILES string of the molecule is CCOC(=O)Cn1nc(CC)c2c1CC1(CCOCC1)CNC2=O. The molecule has 1 N–H and O–H groups in total. The average molecular weight is 335 g/mol. The highest BCUT2D eigenvalue weighted by molar-refractivity contribution is 5.97. The number of fused-ring (bicyclic) bond motifs is 1. The number of aryl methyl sites for hydroxylation is 1. The zero-order valence-electron chi connectivity index (χ0n) is 14.4. The van der Waals surface area contributed by atoms with Crippen molar-refractivity contribution in [1.82, 2.24) is 15.1 Å². The molecule has 1 aromatic heterocycles. The summed E-state index contributed by atoms with van der Waals surface area (Å²) in [6.45, 7) is 6.20. The Balaban J connectivity index is 1.98. The van der Waals surface area contributed by atoms with Gasteiger partial charge in [-0.25, -0.2) is 0 Å². The molecule has 3 heterocycles. The second kappa shape index (κ2) is 6.93. The van der Waals surface area contributed by atoms with Gasteiger partial charge < -0.3 is 14.8 Å². The molecule has 1 spiro atoms. The number of ether oxygens (including phenoxy) is 2. The van der Waals surface area contributed by atoms with Gasteiger partial charge in [0, 0.05) is 19.8 Å². The van der Waals surface area contributed by atoms with Crippen LogP contribution >= 0.6 is 0 Å². The van der Waals surface area contributed by atoms with Gasteiger partial charge in [-0.05, 0) is 38.0 Å². The summed E-state index contributed by atoms with van der Waals surface area (Å²) in [5, 5.41) is 7.59. The zero-order valence-corrected chi connectivity index (χ0v) is 14.4. The van der Waals surface area contributed by atoms with Gasteiger partial charge in [0.1, 0.15) is 6.54 Å². The molecule has 1 fully saturated rings. The van der Waals surface area contributed by atoms with Gasteiger partial charge in [0.25, 0.3) is 5.91 Å². The molecule has 0 atom stereocenters. The first-order valence-electron chi connectivity index (χ1n) is 8.68. The standard InChI is InChI=1S/C17H25N3O4/c1-3-12-15-13(20(19-12)10-14(21)24-4-2)9-17(11-18-16(15)22)5-7-23-8-6-17/h3-11H2,1-2H3,(H,18,22). The van der Waals surface area contributed by atoms with Gasteiger partial charge >= 0.3 is 5.97 Å². The van der Waals surface area contributed by atoms with Gasteiger partial charge in [0.15, 0.2) is 0 Å². The van der Waals surface area contributed by atoms with Crippen LogP contribution in [-0.4, -0.2) is 48.0 Å². The predicted octanol–water partition coefficient (Wildman–Crippen LogP) is 1.09. The monoisotopic (exact) mass is 335 g/mol. The van der Waals surface area contributed by atoms with Crippen molar-refractivity contribution in [3.05, 3.63) is 17.0 Å². The summed E-state index contributed by atoms with van der Waals surface area (Å²) < 4.78 is 12.2. The number of rotatable bonds is 4. The molecule has 7 heteroatoms. The first-order chi connectivity index (χ1) is 11.6. The second-order valence-corrected chi connectivity index (χ2v) is 6.56. The molecule has 132 valence electrons. The summed E-state index contributed by atoms with van der Waals surface area (Å²) in [5.74, 6) is -0.406. The van der Waals surface area contributed by atoms with E-state index in [1.165, 1.54) is 0 Å². The molecule has 0 saturated carbocycles. The van der Waals surface area contributed by atoms with E-state index in [9.17, 15) is 9.59 Å². The molecule has 2 aliphatic heterocycles. The third-order valence-corrected chi connectivity index (χ3v) is 5.00. The van der Waals surface area contributed by atoms with Crippen molar-refractivity contribution in [2.45, 2.75) is 46.1 Å². The number of nitrogens with zero attached hydrogens (tertiary/aromatic N) is 2. The van der Waals surface area contributed by atoms with Crippen LogP contribution in [0.1, 0.15) is 48.4 Å². The normalized spacial score (nSPS) is 19.5. The van der Waals surface area contributed by atoms with Crippen molar-refractivity contribution in [1.29, 1.82) is 0 Å². The van der Waals surface area contributed by atoms with Crippen LogP contribution in [0.4, 0.5) is 0 Å². The Labute approximate surface area is 141 Å². The third kappa shape index (κ3) is 3.17. The number of carbonyl (C=O) groups is 2. The van der Waals surface area contributed by atoms with Gasteiger partial charge in [0.2, 0.25) is 0 Å². The molecule has 0 unspecified atom stereocenters. The van der Waals surface area contributed by atoms with Crippen molar-refractivity contribution < 1.29 is 19.1 Å².